The molecule has 0 aliphatic heterocycles. The van der Waals surface area contributed by atoms with Gasteiger partial charge in [-0.25, -0.2) is 4.39 Å². The largest absolute Gasteiger partial charge is 0.490 e. The number of halogens is 1. The average molecular weight is 404 g/mol. The van der Waals surface area contributed by atoms with Crippen LogP contribution in [0.3, 0.4) is 0 Å². The van der Waals surface area contributed by atoms with E-state index in [2.05, 4.69) is 10.9 Å². The van der Waals surface area contributed by atoms with Crippen LogP contribution in [0.25, 0.3) is 0 Å². The SMILES string of the molecule is CCCOc1ccc(C(=O)NNC(=O)[C@H](C)Oc2ccccc2F)cc1OCC. The van der Waals surface area contributed by atoms with E-state index in [9.17, 15) is 14.0 Å². The first kappa shape index (κ1) is 22.0. The van der Waals surface area contributed by atoms with E-state index in [-0.39, 0.29) is 11.3 Å². The summed E-state index contributed by atoms with van der Waals surface area (Å²) in [5.74, 6) is -0.818. The highest BCUT2D eigenvalue weighted by atomic mass is 19.1. The third-order valence-corrected chi connectivity index (χ3v) is 3.78. The summed E-state index contributed by atoms with van der Waals surface area (Å²) in [6, 6.07) is 10.5. The molecule has 0 heterocycles. The molecule has 2 amide bonds. The quantitative estimate of drug-likeness (QED) is 0.627. The Morgan fingerprint density at radius 3 is 2.45 bits per heavy atom. The summed E-state index contributed by atoms with van der Waals surface area (Å²) < 4.78 is 30.0. The van der Waals surface area contributed by atoms with Gasteiger partial charge in [-0.15, -0.1) is 0 Å². The zero-order chi connectivity index (χ0) is 21.2. The molecule has 7 nitrogen and oxygen atoms in total. The minimum absolute atomic E-state index is 0.0505. The van der Waals surface area contributed by atoms with Crippen molar-refractivity contribution in [3.8, 4) is 17.2 Å². The molecule has 0 aromatic heterocycles. The van der Waals surface area contributed by atoms with Gasteiger partial charge >= 0.3 is 0 Å². The summed E-state index contributed by atoms with van der Waals surface area (Å²) in [5.41, 5.74) is 4.84. The van der Waals surface area contributed by atoms with Gasteiger partial charge in [0.1, 0.15) is 0 Å². The fraction of sp³-hybridized carbons (Fsp3) is 0.333. The molecule has 0 aliphatic rings. The zero-order valence-corrected chi connectivity index (χ0v) is 16.7. The number of benzene rings is 2. The first-order chi connectivity index (χ1) is 14.0. The standard InChI is InChI=1S/C21H25FN2O5/c1-4-12-28-18-11-10-15(13-19(18)27-5-2)21(26)24-23-20(25)14(3)29-17-9-7-6-8-16(17)22/h6-11,13-14H,4-5,12H2,1-3H3,(H,23,25)(H,24,26)/t14-/m0/s1. The van der Waals surface area contributed by atoms with Crippen molar-refractivity contribution in [3.63, 3.8) is 0 Å². The van der Waals surface area contributed by atoms with Crippen LogP contribution in [-0.4, -0.2) is 31.1 Å². The summed E-state index contributed by atoms with van der Waals surface area (Å²) in [6.45, 7) is 6.20. The van der Waals surface area contributed by atoms with Gasteiger partial charge in [0, 0.05) is 5.56 Å². The Bertz CT molecular complexity index is 844. The molecule has 0 saturated heterocycles. The molecule has 29 heavy (non-hydrogen) atoms. The van der Waals surface area contributed by atoms with Gasteiger partial charge in [0.05, 0.1) is 13.2 Å². The lowest BCUT2D eigenvalue weighted by atomic mass is 10.2. The molecule has 0 aliphatic carbocycles. The van der Waals surface area contributed by atoms with Crippen LogP contribution in [0.5, 0.6) is 17.2 Å². The van der Waals surface area contributed by atoms with E-state index in [1.54, 1.807) is 18.2 Å². The second kappa shape index (κ2) is 10.9. The van der Waals surface area contributed by atoms with Crippen LogP contribution in [0.15, 0.2) is 42.5 Å². The first-order valence-corrected chi connectivity index (χ1v) is 9.37. The molecular weight excluding hydrogens is 379 g/mol. The van der Waals surface area contributed by atoms with Crippen molar-refractivity contribution >= 4 is 11.8 Å². The van der Waals surface area contributed by atoms with Crippen molar-refractivity contribution < 1.29 is 28.2 Å². The van der Waals surface area contributed by atoms with Crippen LogP contribution in [0.1, 0.15) is 37.6 Å². The number of carbonyl (C=O) groups excluding carboxylic acids is 2. The van der Waals surface area contributed by atoms with E-state index in [0.29, 0.717) is 24.7 Å². The van der Waals surface area contributed by atoms with E-state index in [1.165, 1.54) is 31.2 Å². The van der Waals surface area contributed by atoms with Gasteiger partial charge in [-0.1, -0.05) is 19.1 Å². The Morgan fingerprint density at radius 2 is 1.76 bits per heavy atom. The Kier molecular flexibility index (Phi) is 8.27. The second-order valence-electron chi connectivity index (χ2n) is 6.08. The summed E-state index contributed by atoms with van der Waals surface area (Å²) in [4.78, 5) is 24.5. The molecule has 2 aromatic rings. The van der Waals surface area contributed by atoms with Gasteiger partial charge in [0.15, 0.2) is 29.2 Å². The minimum Gasteiger partial charge on any atom is -0.490 e. The molecular formula is C21H25FN2O5. The lowest BCUT2D eigenvalue weighted by Crippen LogP contribution is -2.47. The Hall–Kier alpha value is -3.29. The predicted molar refractivity (Wildman–Crippen MR) is 105 cm³/mol. The van der Waals surface area contributed by atoms with Crippen LogP contribution >= 0.6 is 0 Å². The summed E-state index contributed by atoms with van der Waals surface area (Å²) in [5, 5.41) is 0. The number of para-hydroxylation sites is 1. The van der Waals surface area contributed by atoms with Crippen LogP contribution < -0.4 is 25.1 Å². The van der Waals surface area contributed by atoms with Gasteiger partial charge < -0.3 is 14.2 Å². The topological polar surface area (TPSA) is 85.9 Å². The molecule has 2 aromatic carbocycles. The molecule has 2 N–H and O–H groups in total. The van der Waals surface area contributed by atoms with Crippen LogP contribution in [0, 0.1) is 5.82 Å². The van der Waals surface area contributed by atoms with Crippen molar-refractivity contribution in [2.45, 2.75) is 33.3 Å². The number of carbonyl (C=O) groups is 2. The summed E-state index contributed by atoms with van der Waals surface area (Å²) >= 11 is 0. The predicted octanol–water partition coefficient (Wildman–Crippen LogP) is 3.24. The molecule has 0 unspecified atom stereocenters. The summed E-state index contributed by atoms with van der Waals surface area (Å²) in [7, 11) is 0. The molecule has 0 bridgehead atoms. The molecule has 1 atom stereocenters. The van der Waals surface area contributed by atoms with Crippen molar-refractivity contribution in [2.75, 3.05) is 13.2 Å². The van der Waals surface area contributed by atoms with Gasteiger partial charge in [0.2, 0.25) is 0 Å². The van der Waals surface area contributed by atoms with Gasteiger partial charge in [-0.05, 0) is 50.6 Å². The Labute approximate surface area is 169 Å². The maximum Gasteiger partial charge on any atom is 0.279 e. The van der Waals surface area contributed by atoms with Crippen molar-refractivity contribution in [3.05, 3.63) is 53.8 Å². The molecule has 0 radical (unpaired) electrons. The number of ether oxygens (including phenoxy) is 3. The molecule has 2 rings (SSSR count). The highest BCUT2D eigenvalue weighted by Gasteiger charge is 2.18. The number of rotatable bonds is 9. The van der Waals surface area contributed by atoms with E-state index in [0.717, 1.165) is 6.42 Å². The second-order valence-corrected chi connectivity index (χ2v) is 6.08. The molecule has 8 heteroatoms. The molecule has 156 valence electrons. The smallest absolute Gasteiger partial charge is 0.279 e. The van der Waals surface area contributed by atoms with Gasteiger partial charge in [0.25, 0.3) is 11.8 Å². The average Bonchev–Trinajstić information content (AvgIpc) is 2.72. The van der Waals surface area contributed by atoms with Crippen molar-refractivity contribution in [2.24, 2.45) is 0 Å². The number of amides is 2. The maximum atomic E-state index is 13.6. The Morgan fingerprint density at radius 1 is 1.00 bits per heavy atom. The molecule has 0 spiro atoms. The normalized spacial score (nSPS) is 11.3. The molecule has 0 fully saturated rings. The van der Waals surface area contributed by atoms with E-state index < -0.39 is 23.7 Å². The third-order valence-electron chi connectivity index (χ3n) is 3.78. The first-order valence-electron chi connectivity index (χ1n) is 9.37. The van der Waals surface area contributed by atoms with Gasteiger partial charge in [-0.2, -0.15) is 0 Å². The van der Waals surface area contributed by atoms with E-state index in [1.807, 2.05) is 13.8 Å². The summed E-state index contributed by atoms with van der Waals surface area (Å²) in [6.07, 6.45) is -0.177. The number of hydrogen-bond donors (Lipinski definition) is 2. The van der Waals surface area contributed by atoms with Crippen molar-refractivity contribution in [1.29, 1.82) is 0 Å². The fourth-order valence-electron chi connectivity index (χ4n) is 2.33. The van der Waals surface area contributed by atoms with Crippen LogP contribution in [0.4, 0.5) is 4.39 Å². The maximum absolute atomic E-state index is 13.6. The van der Waals surface area contributed by atoms with Crippen LogP contribution in [0.2, 0.25) is 0 Å². The van der Waals surface area contributed by atoms with E-state index in [4.69, 9.17) is 14.2 Å². The zero-order valence-electron chi connectivity index (χ0n) is 16.7. The molecule has 0 saturated carbocycles. The highest BCUT2D eigenvalue weighted by molar-refractivity contribution is 5.96. The number of hydrogen-bond acceptors (Lipinski definition) is 5. The van der Waals surface area contributed by atoms with E-state index >= 15 is 0 Å². The highest BCUT2D eigenvalue weighted by Crippen LogP contribution is 2.28. The number of nitrogens with one attached hydrogen (secondary N) is 2. The van der Waals surface area contributed by atoms with Crippen LogP contribution in [-0.2, 0) is 4.79 Å². The monoisotopic (exact) mass is 404 g/mol. The number of hydrazine groups is 1. The van der Waals surface area contributed by atoms with Crippen molar-refractivity contribution in [1.82, 2.24) is 10.9 Å². The lowest BCUT2D eigenvalue weighted by molar-refractivity contribution is -0.128. The van der Waals surface area contributed by atoms with Gasteiger partial charge in [-0.3, -0.25) is 20.4 Å². The Balaban J connectivity index is 1.96. The third kappa shape index (κ3) is 6.38. The lowest BCUT2D eigenvalue weighted by Gasteiger charge is -2.16. The minimum atomic E-state index is -1.02. The fourth-order valence-corrected chi connectivity index (χ4v) is 2.33.